The molecule has 4 nitrogen and oxygen atoms in total. The number of piperidine rings is 1. The van der Waals surface area contributed by atoms with Gasteiger partial charge in [0.15, 0.2) is 0 Å². The van der Waals surface area contributed by atoms with Crippen molar-refractivity contribution in [3.05, 3.63) is 29.8 Å². The van der Waals surface area contributed by atoms with Crippen LogP contribution in [0.4, 0.5) is 0 Å². The van der Waals surface area contributed by atoms with E-state index in [0.29, 0.717) is 30.2 Å². The van der Waals surface area contributed by atoms with Gasteiger partial charge in [-0.2, -0.15) is 0 Å². The summed E-state index contributed by atoms with van der Waals surface area (Å²) in [5, 5.41) is 18.3. The largest absolute Gasteiger partial charge is 0.508 e. The Bertz CT molecular complexity index is 471. The van der Waals surface area contributed by atoms with E-state index in [-0.39, 0.29) is 0 Å². The van der Waals surface area contributed by atoms with E-state index in [1.807, 2.05) is 12.1 Å². The number of hydrogen-bond acceptors (Lipinski definition) is 3. The molecule has 2 fully saturated rings. The quantitative estimate of drug-likeness (QED) is 0.886. The van der Waals surface area contributed by atoms with Crippen LogP contribution in [-0.2, 0) is 11.3 Å². The number of benzene rings is 1. The molecule has 2 unspecified atom stereocenters. The van der Waals surface area contributed by atoms with Crippen molar-refractivity contribution >= 4 is 5.97 Å². The van der Waals surface area contributed by atoms with Crippen molar-refractivity contribution in [2.45, 2.75) is 50.7 Å². The van der Waals surface area contributed by atoms with Gasteiger partial charge in [0.1, 0.15) is 5.75 Å². The second kappa shape index (κ2) is 5.44. The van der Waals surface area contributed by atoms with Gasteiger partial charge in [0.2, 0.25) is 0 Å². The molecule has 0 aromatic heterocycles. The van der Waals surface area contributed by atoms with Crippen LogP contribution in [0.15, 0.2) is 24.3 Å². The van der Waals surface area contributed by atoms with Crippen molar-refractivity contribution in [1.29, 1.82) is 0 Å². The maximum Gasteiger partial charge on any atom is 0.303 e. The molecule has 2 aliphatic rings. The van der Waals surface area contributed by atoms with Gasteiger partial charge >= 0.3 is 5.97 Å². The molecule has 1 aromatic carbocycles. The lowest BCUT2D eigenvalue weighted by Crippen LogP contribution is -2.42. The summed E-state index contributed by atoms with van der Waals surface area (Å²) in [5.74, 6) is -0.0145. The molecule has 0 aliphatic carbocycles. The van der Waals surface area contributed by atoms with Crippen molar-refractivity contribution < 1.29 is 15.0 Å². The first-order valence-electron chi connectivity index (χ1n) is 7.37. The van der Waals surface area contributed by atoms with Crippen LogP contribution < -0.4 is 0 Å². The second-order valence-electron chi connectivity index (χ2n) is 6.16. The van der Waals surface area contributed by atoms with E-state index in [0.717, 1.165) is 19.4 Å². The molecule has 2 aliphatic heterocycles. The van der Waals surface area contributed by atoms with Crippen molar-refractivity contribution in [3.63, 3.8) is 0 Å². The summed E-state index contributed by atoms with van der Waals surface area (Å²) in [6, 6.07) is 8.47. The van der Waals surface area contributed by atoms with Crippen LogP contribution in [-0.4, -0.2) is 33.2 Å². The number of aliphatic carboxylic acids is 1. The van der Waals surface area contributed by atoms with Crippen LogP contribution in [0.25, 0.3) is 0 Å². The normalized spacial score (nSPS) is 29.5. The van der Waals surface area contributed by atoms with E-state index in [2.05, 4.69) is 4.90 Å². The molecular weight excluding hydrogens is 254 g/mol. The smallest absolute Gasteiger partial charge is 0.303 e. The molecular formula is C16H21NO3. The minimum atomic E-state index is -0.665. The predicted octanol–water partition coefficient (Wildman–Crippen LogP) is 2.61. The van der Waals surface area contributed by atoms with E-state index < -0.39 is 5.97 Å². The Labute approximate surface area is 119 Å². The van der Waals surface area contributed by atoms with Gasteiger partial charge in [-0.05, 0) is 49.3 Å². The fourth-order valence-corrected chi connectivity index (χ4v) is 3.87. The molecule has 1 aromatic rings. The summed E-state index contributed by atoms with van der Waals surface area (Å²) in [5.41, 5.74) is 1.22. The molecule has 0 saturated carbocycles. The molecule has 2 heterocycles. The Morgan fingerprint density at radius 1 is 1.15 bits per heavy atom. The highest BCUT2D eigenvalue weighted by Gasteiger charge is 2.40. The van der Waals surface area contributed by atoms with Crippen molar-refractivity contribution in [3.8, 4) is 5.75 Å². The molecule has 2 bridgehead atoms. The van der Waals surface area contributed by atoms with Gasteiger partial charge < -0.3 is 10.2 Å². The molecule has 0 radical (unpaired) electrons. The molecule has 2 saturated heterocycles. The molecule has 0 spiro atoms. The third-order valence-corrected chi connectivity index (χ3v) is 4.75. The van der Waals surface area contributed by atoms with Crippen LogP contribution in [0.1, 0.15) is 37.7 Å². The third-order valence-electron chi connectivity index (χ3n) is 4.75. The van der Waals surface area contributed by atoms with Gasteiger partial charge in [0.25, 0.3) is 0 Å². The zero-order chi connectivity index (χ0) is 14.1. The number of nitrogens with zero attached hydrogens (tertiary/aromatic N) is 1. The first-order chi connectivity index (χ1) is 9.61. The lowest BCUT2D eigenvalue weighted by Gasteiger charge is -2.38. The van der Waals surface area contributed by atoms with Crippen molar-refractivity contribution in [1.82, 2.24) is 4.90 Å². The number of phenolic OH excluding ortho intramolecular Hbond substituents is 1. The monoisotopic (exact) mass is 275 g/mol. The van der Waals surface area contributed by atoms with Gasteiger partial charge in [-0.15, -0.1) is 0 Å². The Balaban J connectivity index is 1.65. The minimum Gasteiger partial charge on any atom is -0.508 e. The van der Waals surface area contributed by atoms with Crippen molar-refractivity contribution in [2.24, 2.45) is 5.92 Å². The molecule has 2 atom stereocenters. The SMILES string of the molecule is O=C(O)CC1CC2CCC(C1)N2Cc1ccc(O)cc1. The van der Waals surface area contributed by atoms with E-state index in [9.17, 15) is 9.90 Å². The standard InChI is InChI=1S/C16H21NO3/c18-15-5-1-11(2-6-15)10-17-13-3-4-14(17)8-12(7-13)9-16(19)20/h1-2,5-6,12-14,18H,3-4,7-10H2,(H,19,20). The molecule has 2 N–H and O–H groups in total. The Morgan fingerprint density at radius 2 is 1.75 bits per heavy atom. The summed E-state index contributed by atoms with van der Waals surface area (Å²) >= 11 is 0. The summed E-state index contributed by atoms with van der Waals surface area (Å²) < 4.78 is 0. The average molecular weight is 275 g/mol. The van der Waals surface area contributed by atoms with Crippen molar-refractivity contribution in [2.75, 3.05) is 0 Å². The van der Waals surface area contributed by atoms with Gasteiger partial charge in [-0.25, -0.2) is 0 Å². The molecule has 20 heavy (non-hydrogen) atoms. The number of rotatable bonds is 4. The lowest BCUT2D eigenvalue weighted by molar-refractivity contribution is -0.138. The molecule has 4 heteroatoms. The fourth-order valence-electron chi connectivity index (χ4n) is 3.87. The molecule has 0 amide bonds. The number of fused-ring (bicyclic) bond motifs is 2. The molecule has 3 rings (SSSR count). The average Bonchev–Trinajstić information content (AvgIpc) is 2.63. The topological polar surface area (TPSA) is 60.8 Å². The summed E-state index contributed by atoms with van der Waals surface area (Å²) in [6.07, 6.45) is 4.74. The Kier molecular flexibility index (Phi) is 3.66. The summed E-state index contributed by atoms with van der Waals surface area (Å²) in [6.45, 7) is 0.912. The Morgan fingerprint density at radius 3 is 2.30 bits per heavy atom. The second-order valence-corrected chi connectivity index (χ2v) is 6.16. The lowest BCUT2D eigenvalue weighted by atomic mass is 9.88. The van der Waals surface area contributed by atoms with E-state index >= 15 is 0 Å². The first kappa shape index (κ1) is 13.4. The number of phenols is 1. The van der Waals surface area contributed by atoms with E-state index in [1.54, 1.807) is 12.1 Å². The minimum absolute atomic E-state index is 0.303. The maximum atomic E-state index is 10.9. The van der Waals surface area contributed by atoms with Crippen LogP contribution in [0, 0.1) is 5.92 Å². The number of carbonyl (C=O) groups is 1. The van der Waals surface area contributed by atoms with Gasteiger partial charge in [-0.3, -0.25) is 9.69 Å². The highest BCUT2D eigenvalue weighted by atomic mass is 16.4. The number of carboxylic acids is 1. The summed E-state index contributed by atoms with van der Waals surface area (Å²) in [4.78, 5) is 13.4. The maximum absolute atomic E-state index is 10.9. The third kappa shape index (κ3) is 2.80. The predicted molar refractivity (Wildman–Crippen MR) is 75.4 cm³/mol. The highest BCUT2D eigenvalue weighted by Crippen LogP contribution is 2.40. The van der Waals surface area contributed by atoms with Crippen LogP contribution in [0.3, 0.4) is 0 Å². The zero-order valence-electron chi connectivity index (χ0n) is 11.5. The summed E-state index contributed by atoms with van der Waals surface area (Å²) in [7, 11) is 0. The number of carboxylic acid groups (broad SMARTS) is 1. The van der Waals surface area contributed by atoms with E-state index in [4.69, 9.17) is 5.11 Å². The van der Waals surface area contributed by atoms with E-state index in [1.165, 1.54) is 18.4 Å². The number of hydrogen-bond donors (Lipinski definition) is 2. The molecule has 108 valence electrons. The number of aromatic hydroxyl groups is 1. The Hall–Kier alpha value is -1.55. The van der Waals surface area contributed by atoms with Crippen LogP contribution in [0.5, 0.6) is 5.75 Å². The fraction of sp³-hybridized carbons (Fsp3) is 0.562. The zero-order valence-corrected chi connectivity index (χ0v) is 11.5. The van der Waals surface area contributed by atoms with Gasteiger partial charge in [0, 0.05) is 25.0 Å². The van der Waals surface area contributed by atoms with Gasteiger partial charge in [0.05, 0.1) is 0 Å². The van der Waals surface area contributed by atoms with Crippen LogP contribution >= 0.6 is 0 Å². The first-order valence-corrected chi connectivity index (χ1v) is 7.37. The van der Waals surface area contributed by atoms with Gasteiger partial charge in [-0.1, -0.05) is 12.1 Å². The van der Waals surface area contributed by atoms with Crippen LogP contribution in [0.2, 0.25) is 0 Å². The highest BCUT2D eigenvalue weighted by molar-refractivity contribution is 5.67.